The van der Waals surface area contributed by atoms with Crippen LogP contribution in [-0.2, 0) is 0 Å². The molecule has 1 fully saturated rings. The number of nitrogens with zero attached hydrogens (tertiary/aromatic N) is 2. The lowest BCUT2D eigenvalue weighted by molar-refractivity contribution is 0.241. The van der Waals surface area contributed by atoms with Crippen molar-refractivity contribution in [3.63, 3.8) is 0 Å². The molecule has 1 aromatic rings. The molecule has 1 aliphatic rings. The molecular weight excluding hydrogens is 166 g/mol. The molecule has 0 spiro atoms. The van der Waals surface area contributed by atoms with E-state index in [1.807, 2.05) is 0 Å². The third kappa shape index (κ3) is 2.39. The number of hydrogen-bond acceptors (Lipinski definition) is 4. The SMILES string of the molecule is c1cnc(OCC2CCNC2)nc1. The van der Waals surface area contributed by atoms with Crippen LogP contribution >= 0.6 is 0 Å². The van der Waals surface area contributed by atoms with Gasteiger partial charge in [0, 0.05) is 24.9 Å². The molecule has 0 saturated carbocycles. The topological polar surface area (TPSA) is 47.0 Å². The molecule has 2 heterocycles. The largest absolute Gasteiger partial charge is 0.463 e. The standard InChI is InChI=1S/C9H13N3O/c1-3-11-9(12-4-1)13-7-8-2-5-10-6-8/h1,3-4,8,10H,2,5-7H2. The highest BCUT2D eigenvalue weighted by Crippen LogP contribution is 2.08. The Morgan fingerprint density at radius 3 is 3.00 bits per heavy atom. The summed E-state index contributed by atoms with van der Waals surface area (Å²) in [6.45, 7) is 2.87. The monoisotopic (exact) mass is 179 g/mol. The van der Waals surface area contributed by atoms with Crippen molar-refractivity contribution in [2.45, 2.75) is 6.42 Å². The molecule has 13 heavy (non-hydrogen) atoms. The molecule has 4 nitrogen and oxygen atoms in total. The van der Waals surface area contributed by atoms with E-state index in [2.05, 4.69) is 15.3 Å². The van der Waals surface area contributed by atoms with E-state index < -0.39 is 0 Å². The minimum Gasteiger partial charge on any atom is -0.463 e. The second-order valence-electron chi connectivity index (χ2n) is 3.20. The van der Waals surface area contributed by atoms with Gasteiger partial charge >= 0.3 is 6.01 Å². The second kappa shape index (κ2) is 4.18. The average molecular weight is 179 g/mol. The van der Waals surface area contributed by atoms with Gasteiger partial charge in [-0.2, -0.15) is 0 Å². The lowest BCUT2D eigenvalue weighted by Crippen LogP contribution is -2.16. The summed E-state index contributed by atoms with van der Waals surface area (Å²) in [6, 6.07) is 2.26. The van der Waals surface area contributed by atoms with Gasteiger partial charge in [-0.1, -0.05) is 0 Å². The molecule has 0 amide bonds. The molecule has 4 heteroatoms. The van der Waals surface area contributed by atoms with Crippen molar-refractivity contribution in [3.05, 3.63) is 18.5 Å². The van der Waals surface area contributed by atoms with Gasteiger partial charge in [0.2, 0.25) is 0 Å². The summed E-state index contributed by atoms with van der Waals surface area (Å²) in [5, 5.41) is 3.29. The van der Waals surface area contributed by atoms with Crippen molar-refractivity contribution in [3.8, 4) is 6.01 Å². The Balaban J connectivity index is 1.79. The molecule has 0 radical (unpaired) electrons. The minimum absolute atomic E-state index is 0.481. The lowest BCUT2D eigenvalue weighted by atomic mass is 10.1. The maximum Gasteiger partial charge on any atom is 0.316 e. The number of nitrogens with one attached hydrogen (secondary N) is 1. The molecular formula is C9H13N3O. The minimum atomic E-state index is 0.481. The molecule has 1 atom stereocenters. The van der Waals surface area contributed by atoms with Gasteiger partial charge in [-0.05, 0) is 19.0 Å². The molecule has 0 aromatic carbocycles. The van der Waals surface area contributed by atoms with Crippen LogP contribution in [0.5, 0.6) is 6.01 Å². The smallest absolute Gasteiger partial charge is 0.316 e. The van der Waals surface area contributed by atoms with Crippen molar-refractivity contribution in [1.82, 2.24) is 15.3 Å². The maximum absolute atomic E-state index is 5.43. The van der Waals surface area contributed by atoms with Crippen molar-refractivity contribution in [2.24, 2.45) is 5.92 Å². The van der Waals surface area contributed by atoms with Crippen LogP contribution in [0.2, 0.25) is 0 Å². The zero-order valence-corrected chi connectivity index (χ0v) is 7.44. The zero-order chi connectivity index (χ0) is 8.93. The average Bonchev–Trinajstić information content (AvgIpc) is 2.69. The number of ether oxygens (including phenoxy) is 1. The van der Waals surface area contributed by atoms with Gasteiger partial charge in [-0.25, -0.2) is 9.97 Å². The van der Waals surface area contributed by atoms with E-state index in [0.717, 1.165) is 19.7 Å². The zero-order valence-electron chi connectivity index (χ0n) is 7.44. The Morgan fingerprint density at radius 2 is 2.31 bits per heavy atom. The molecule has 1 aromatic heterocycles. The fourth-order valence-electron chi connectivity index (χ4n) is 1.41. The summed E-state index contributed by atoms with van der Waals surface area (Å²) < 4.78 is 5.43. The summed E-state index contributed by atoms with van der Waals surface area (Å²) in [5.74, 6) is 0.615. The predicted molar refractivity (Wildman–Crippen MR) is 48.5 cm³/mol. The van der Waals surface area contributed by atoms with Crippen LogP contribution in [0, 0.1) is 5.92 Å². The highest BCUT2D eigenvalue weighted by molar-refractivity contribution is 4.93. The van der Waals surface area contributed by atoms with Crippen molar-refractivity contribution >= 4 is 0 Å². The quantitative estimate of drug-likeness (QED) is 0.732. The van der Waals surface area contributed by atoms with Gasteiger partial charge in [0.15, 0.2) is 0 Å². The summed E-state index contributed by atoms with van der Waals surface area (Å²) in [4.78, 5) is 7.97. The molecule has 2 rings (SSSR count). The Hall–Kier alpha value is -1.16. The highest BCUT2D eigenvalue weighted by Gasteiger charge is 2.15. The van der Waals surface area contributed by atoms with E-state index in [1.165, 1.54) is 6.42 Å². The van der Waals surface area contributed by atoms with Gasteiger partial charge in [-0.15, -0.1) is 0 Å². The van der Waals surface area contributed by atoms with E-state index in [4.69, 9.17) is 4.74 Å². The summed E-state index contributed by atoms with van der Waals surface area (Å²) in [7, 11) is 0. The first-order valence-corrected chi connectivity index (χ1v) is 4.55. The predicted octanol–water partition coefficient (Wildman–Crippen LogP) is 0.465. The Bertz CT molecular complexity index is 246. The van der Waals surface area contributed by atoms with E-state index in [1.54, 1.807) is 18.5 Å². The van der Waals surface area contributed by atoms with Crippen LogP contribution in [0.4, 0.5) is 0 Å². The van der Waals surface area contributed by atoms with Crippen LogP contribution in [-0.4, -0.2) is 29.7 Å². The fraction of sp³-hybridized carbons (Fsp3) is 0.556. The Kier molecular flexibility index (Phi) is 2.72. The van der Waals surface area contributed by atoms with Gasteiger partial charge < -0.3 is 10.1 Å². The van der Waals surface area contributed by atoms with Gasteiger partial charge in [0.25, 0.3) is 0 Å². The van der Waals surface area contributed by atoms with Crippen LogP contribution in [0.15, 0.2) is 18.5 Å². The van der Waals surface area contributed by atoms with Gasteiger partial charge in [-0.3, -0.25) is 0 Å². The summed E-state index contributed by atoms with van der Waals surface area (Å²) in [5.41, 5.74) is 0. The molecule has 1 saturated heterocycles. The molecule has 1 N–H and O–H groups in total. The number of rotatable bonds is 3. The van der Waals surface area contributed by atoms with E-state index in [9.17, 15) is 0 Å². The molecule has 0 bridgehead atoms. The Labute approximate surface area is 77.4 Å². The van der Waals surface area contributed by atoms with Crippen LogP contribution in [0.25, 0.3) is 0 Å². The highest BCUT2D eigenvalue weighted by atomic mass is 16.5. The normalized spacial score (nSPS) is 21.7. The van der Waals surface area contributed by atoms with Crippen molar-refractivity contribution in [2.75, 3.05) is 19.7 Å². The van der Waals surface area contributed by atoms with Gasteiger partial charge in [0.1, 0.15) is 0 Å². The first-order valence-electron chi connectivity index (χ1n) is 4.55. The fourth-order valence-corrected chi connectivity index (χ4v) is 1.41. The maximum atomic E-state index is 5.43. The third-order valence-corrected chi connectivity index (χ3v) is 2.15. The second-order valence-corrected chi connectivity index (χ2v) is 3.20. The molecule has 1 aliphatic heterocycles. The molecule has 1 unspecified atom stereocenters. The van der Waals surface area contributed by atoms with Crippen molar-refractivity contribution in [1.29, 1.82) is 0 Å². The lowest BCUT2D eigenvalue weighted by Gasteiger charge is -2.08. The Morgan fingerprint density at radius 1 is 1.46 bits per heavy atom. The van der Waals surface area contributed by atoms with Crippen LogP contribution in [0.1, 0.15) is 6.42 Å². The van der Waals surface area contributed by atoms with Crippen LogP contribution in [0.3, 0.4) is 0 Å². The molecule has 0 aliphatic carbocycles. The van der Waals surface area contributed by atoms with E-state index in [0.29, 0.717) is 11.9 Å². The van der Waals surface area contributed by atoms with E-state index >= 15 is 0 Å². The first kappa shape index (κ1) is 8.44. The third-order valence-electron chi connectivity index (χ3n) is 2.15. The molecule has 70 valence electrons. The van der Waals surface area contributed by atoms with Crippen LogP contribution < -0.4 is 10.1 Å². The number of hydrogen-bond donors (Lipinski definition) is 1. The summed E-state index contributed by atoms with van der Waals surface area (Å²) in [6.07, 6.45) is 4.57. The van der Waals surface area contributed by atoms with E-state index in [-0.39, 0.29) is 0 Å². The van der Waals surface area contributed by atoms with Crippen molar-refractivity contribution < 1.29 is 4.74 Å². The van der Waals surface area contributed by atoms with Gasteiger partial charge in [0.05, 0.1) is 6.61 Å². The first-order chi connectivity index (χ1) is 6.45. The summed E-state index contributed by atoms with van der Waals surface area (Å²) >= 11 is 0. The number of aromatic nitrogens is 2.